The van der Waals surface area contributed by atoms with Gasteiger partial charge in [0.15, 0.2) is 0 Å². The number of carbonyl (C=O) groups excluding carboxylic acids is 1. The highest BCUT2D eigenvalue weighted by atomic mass is 19.1. The lowest BCUT2D eigenvalue weighted by atomic mass is 10.1. The van der Waals surface area contributed by atoms with Crippen LogP contribution >= 0.6 is 0 Å². The van der Waals surface area contributed by atoms with E-state index in [-0.39, 0.29) is 17.6 Å². The summed E-state index contributed by atoms with van der Waals surface area (Å²) in [6.45, 7) is 2.98. The van der Waals surface area contributed by atoms with Crippen molar-refractivity contribution in [3.8, 4) is 11.4 Å². The summed E-state index contributed by atoms with van der Waals surface area (Å²) in [7, 11) is 0. The SMILES string of the molecule is Cc1cccc(-c2noc(C3CC(=O)N(Cc4ccc(F)cc4)C3)n2)c1. The van der Waals surface area contributed by atoms with Gasteiger partial charge in [-0.1, -0.05) is 41.1 Å². The van der Waals surface area contributed by atoms with Gasteiger partial charge < -0.3 is 9.42 Å². The van der Waals surface area contributed by atoms with E-state index < -0.39 is 0 Å². The topological polar surface area (TPSA) is 59.2 Å². The molecule has 0 bridgehead atoms. The monoisotopic (exact) mass is 351 g/mol. The predicted octanol–water partition coefficient (Wildman–Crippen LogP) is 3.70. The van der Waals surface area contributed by atoms with Crippen molar-refractivity contribution in [3.63, 3.8) is 0 Å². The third-order valence-corrected chi connectivity index (χ3v) is 4.57. The zero-order chi connectivity index (χ0) is 18.1. The van der Waals surface area contributed by atoms with Crippen molar-refractivity contribution in [2.45, 2.75) is 25.8 Å². The zero-order valence-electron chi connectivity index (χ0n) is 14.4. The fourth-order valence-electron chi connectivity index (χ4n) is 3.20. The van der Waals surface area contributed by atoms with Gasteiger partial charge in [-0.25, -0.2) is 4.39 Å². The Morgan fingerprint density at radius 1 is 1.23 bits per heavy atom. The van der Waals surface area contributed by atoms with Crippen LogP contribution in [0.15, 0.2) is 53.1 Å². The summed E-state index contributed by atoms with van der Waals surface area (Å²) in [6, 6.07) is 14.1. The average Bonchev–Trinajstić information content (AvgIpc) is 3.24. The fraction of sp³-hybridized carbons (Fsp3) is 0.250. The van der Waals surface area contributed by atoms with Gasteiger partial charge in [-0.3, -0.25) is 4.79 Å². The molecule has 26 heavy (non-hydrogen) atoms. The molecule has 1 amide bonds. The minimum absolute atomic E-state index is 0.0367. The highest BCUT2D eigenvalue weighted by molar-refractivity contribution is 5.79. The number of likely N-dealkylation sites (tertiary alicyclic amines) is 1. The minimum atomic E-state index is -0.283. The molecule has 2 aromatic carbocycles. The summed E-state index contributed by atoms with van der Waals surface area (Å²) in [4.78, 5) is 18.5. The second-order valence-corrected chi connectivity index (χ2v) is 6.63. The summed E-state index contributed by atoms with van der Waals surface area (Å²) in [5.74, 6) is 0.655. The van der Waals surface area contributed by atoms with E-state index in [9.17, 15) is 9.18 Å². The molecule has 0 aliphatic carbocycles. The maximum absolute atomic E-state index is 13.0. The van der Waals surface area contributed by atoms with Crippen molar-refractivity contribution < 1.29 is 13.7 Å². The zero-order valence-corrected chi connectivity index (χ0v) is 14.4. The van der Waals surface area contributed by atoms with Crippen molar-refractivity contribution in [1.82, 2.24) is 15.0 Å². The molecule has 0 saturated carbocycles. The van der Waals surface area contributed by atoms with Crippen LogP contribution < -0.4 is 0 Å². The standard InChI is InChI=1S/C20H18FN3O2/c1-13-3-2-4-15(9-13)19-22-20(26-23-19)16-10-18(25)24(12-16)11-14-5-7-17(21)8-6-14/h2-9,16H,10-12H2,1H3. The number of benzene rings is 2. The molecular formula is C20H18FN3O2. The number of hydrogen-bond acceptors (Lipinski definition) is 4. The highest BCUT2D eigenvalue weighted by Crippen LogP contribution is 2.29. The molecule has 4 rings (SSSR count). The Hall–Kier alpha value is -3.02. The van der Waals surface area contributed by atoms with Gasteiger partial charge in [-0.05, 0) is 30.7 Å². The molecule has 1 aromatic heterocycles. The molecule has 1 fully saturated rings. The number of aromatic nitrogens is 2. The number of amides is 1. The van der Waals surface area contributed by atoms with E-state index >= 15 is 0 Å². The Kier molecular flexibility index (Phi) is 4.24. The Morgan fingerprint density at radius 2 is 2.04 bits per heavy atom. The van der Waals surface area contributed by atoms with E-state index in [2.05, 4.69) is 10.1 Å². The van der Waals surface area contributed by atoms with Crippen LogP contribution in [0.1, 0.15) is 29.4 Å². The van der Waals surface area contributed by atoms with Gasteiger partial charge >= 0.3 is 0 Å². The summed E-state index contributed by atoms with van der Waals surface area (Å²) in [5.41, 5.74) is 2.91. The van der Waals surface area contributed by atoms with Gasteiger partial charge in [0, 0.05) is 25.1 Å². The van der Waals surface area contributed by atoms with Crippen LogP contribution in [-0.2, 0) is 11.3 Å². The average molecular weight is 351 g/mol. The molecule has 3 aromatic rings. The Morgan fingerprint density at radius 3 is 2.81 bits per heavy atom. The Bertz CT molecular complexity index is 936. The van der Waals surface area contributed by atoms with Crippen molar-refractivity contribution in [3.05, 3.63) is 71.4 Å². The fourth-order valence-corrected chi connectivity index (χ4v) is 3.20. The molecule has 6 heteroatoms. The molecule has 2 heterocycles. The van der Waals surface area contributed by atoms with Crippen molar-refractivity contribution in [1.29, 1.82) is 0 Å². The first kappa shape index (κ1) is 16.4. The molecular weight excluding hydrogens is 333 g/mol. The minimum Gasteiger partial charge on any atom is -0.339 e. The smallest absolute Gasteiger partial charge is 0.232 e. The first-order chi connectivity index (χ1) is 12.6. The van der Waals surface area contributed by atoms with E-state index in [1.165, 1.54) is 12.1 Å². The largest absolute Gasteiger partial charge is 0.339 e. The van der Waals surface area contributed by atoms with Gasteiger partial charge in [0.05, 0.1) is 5.92 Å². The van der Waals surface area contributed by atoms with Crippen molar-refractivity contribution >= 4 is 5.91 Å². The van der Waals surface area contributed by atoms with Crippen LogP contribution in [0.5, 0.6) is 0 Å². The summed E-state index contributed by atoms with van der Waals surface area (Å²) in [6.07, 6.45) is 0.344. The van der Waals surface area contributed by atoms with E-state index in [1.54, 1.807) is 17.0 Å². The quantitative estimate of drug-likeness (QED) is 0.719. The van der Waals surface area contributed by atoms with E-state index in [1.807, 2.05) is 31.2 Å². The lowest BCUT2D eigenvalue weighted by Crippen LogP contribution is -2.24. The predicted molar refractivity (Wildman–Crippen MR) is 93.6 cm³/mol. The third-order valence-electron chi connectivity index (χ3n) is 4.57. The first-order valence-corrected chi connectivity index (χ1v) is 8.51. The van der Waals surface area contributed by atoms with Crippen LogP contribution in [0.2, 0.25) is 0 Å². The van der Waals surface area contributed by atoms with E-state index in [0.29, 0.717) is 31.2 Å². The van der Waals surface area contributed by atoms with Crippen LogP contribution in [0.25, 0.3) is 11.4 Å². The van der Waals surface area contributed by atoms with E-state index in [4.69, 9.17) is 4.52 Å². The molecule has 0 spiro atoms. The molecule has 1 atom stereocenters. The maximum Gasteiger partial charge on any atom is 0.232 e. The number of hydrogen-bond donors (Lipinski definition) is 0. The van der Waals surface area contributed by atoms with Gasteiger partial charge in [0.25, 0.3) is 0 Å². The van der Waals surface area contributed by atoms with Crippen LogP contribution in [-0.4, -0.2) is 27.5 Å². The summed E-state index contributed by atoms with van der Waals surface area (Å²) < 4.78 is 18.4. The molecule has 1 aliphatic heterocycles. The second kappa shape index (κ2) is 6.71. The summed E-state index contributed by atoms with van der Waals surface area (Å²) >= 11 is 0. The van der Waals surface area contributed by atoms with Gasteiger partial charge in [0.2, 0.25) is 17.6 Å². The van der Waals surface area contributed by atoms with Crippen molar-refractivity contribution in [2.75, 3.05) is 6.54 Å². The molecule has 1 aliphatic rings. The highest BCUT2D eigenvalue weighted by Gasteiger charge is 2.34. The lowest BCUT2D eigenvalue weighted by Gasteiger charge is -2.15. The number of carbonyl (C=O) groups is 1. The molecule has 132 valence electrons. The van der Waals surface area contributed by atoms with Crippen LogP contribution in [0.3, 0.4) is 0 Å². The number of rotatable bonds is 4. The van der Waals surface area contributed by atoms with Crippen LogP contribution in [0, 0.1) is 12.7 Å². The number of aryl methyl sites for hydroxylation is 1. The normalized spacial score (nSPS) is 17.1. The number of halogens is 1. The Labute approximate surface area is 150 Å². The van der Waals surface area contributed by atoms with Crippen LogP contribution in [0.4, 0.5) is 4.39 Å². The third kappa shape index (κ3) is 3.35. The molecule has 1 unspecified atom stereocenters. The van der Waals surface area contributed by atoms with Gasteiger partial charge in [-0.15, -0.1) is 0 Å². The Balaban J connectivity index is 1.48. The molecule has 0 radical (unpaired) electrons. The van der Waals surface area contributed by atoms with Crippen molar-refractivity contribution in [2.24, 2.45) is 0 Å². The molecule has 0 N–H and O–H groups in total. The molecule has 5 nitrogen and oxygen atoms in total. The van der Waals surface area contributed by atoms with Gasteiger partial charge in [-0.2, -0.15) is 4.98 Å². The molecule has 1 saturated heterocycles. The maximum atomic E-state index is 13.0. The summed E-state index contributed by atoms with van der Waals surface area (Å²) in [5, 5.41) is 4.06. The number of nitrogens with zero attached hydrogens (tertiary/aromatic N) is 3. The van der Waals surface area contributed by atoms with E-state index in [0.717, 1.165) is 16.7 Å². The lowest BCUT2D eigenvalue weighted by molar-refractivity contribution is -0.128. The first-order valence-electron chi connectivity index (χ1n) is 8.51. The van der Waals surface area contributed by atoms with Gasteiger partial charge in [0.1, 0.15) is 5.82 Å². The second-order valence-electron chi connectivity index (χ2n) is 6.63.